The fourth-order valence-electron chi connectivity index (χ4n) is 4.21. The molecule has 0 radical (unpaired) electrons. The number of nitrogens with zero attached hydrogens (tertiary/aromatic N) is 3. The van der Waals surface area contributed by atoms with Gasteiger partial charge in [-0.15, -0.1) is 0 Å². The minimum absolute atomic E-state index is 0.0386. The lowest BCUT2D eigenvalue weighted by Crippen LogP contribution is -2.43. The molecule has 0 bridgehead atoms. The molecule has 0 spiro atoms. The molecule has 0 unspecified atom stereocenters. The smallest absolute Gasteiger partial charge is 0.266 e. The van der Waals surface area contributed by atoms with Gasteiger partial charge < -0.3 is 14.4 Å². The fourth-order valence-corrected chi connectivity index (χ4v) is 5.74. The Labute approximate surface area is 240 Å². The lowest BCUT2D eigenvalue weighted by atomic mass is 10.1. The Balaban J connectivity index is 1.30. The van der Waals surface area contributed by atoms with Gasteiger partial charge in [0, 0.05) is 19.6 Å². The SMILES string of the molecule is O=C(COc1ccc(/C=C2\SC(=Nc3ccccc3)N(CCc3ccccc3)C2=O)cc1Br)N1CCOCC1. The van der Waals surface area contributed by atoms with Crippen molar-refractivity contribution in [1.29, 1.82) is 0 Å². The molecule has 0 atom stereocenters. The Hall–Kier alpha value is -3.40. The minimum atomic E-state index is -0.0711. The van der Waals surface area contributed by atoms with E-state index in [-0.39, 0.29) is 18.4 Å². The predicted octanol–water partition coefficient (Wildman–Crippen LogP) is 5.53. The molecule has 0 aliphatic carbocycles. The normalized spacial score (nSPS) is 17.7. The van der Waals surface area contributed by atoms with Crippen molar-refractivity contribution in [2.24, 2.45) is 4.99 Å². The van der Waals surface area contributed by atoms with Crippen LogP contribution in [0.15, 0.2) is 93.2 Å². The highest BCUT2D eigenvalue weighted by molar-refractivity contribution is 9.10. The molecule has 2 aliphatic rings. The zero-order valence-corrected chi connectivity index (χ0v) is 23.7. The average molecular weight is 607 g/mol. The van der Waals surface area contributed by atoms with Gasteiger partial charge in [0.1, 0.15) is 5.75 Å². The molecular weight excluding hydrogens is 578 g/mol. The number of para-hydroxylation sites is 1. The number of hydrogen-bond acceptors (Lipinski definition) is 6. The van der Waals surface area contributed by atoms with Crippen LogP contribution in [0, 0.1) is 0 Å². The fraction of sp³-hybridized carbons (Fsp3) is 0.233. The minimum Gasteiger partial charge on any atom is -0.483 e. The molecule has 0 saturated carbocycles. The Morgan fingerprint density at radius 3 is 2.46 bits per heavy atom. The molecule has 3 aromatic rings. The number of halogens is 1. The Morgan fingerprint density at radius 1 is 1.03 bits per heavy atom. The van der Waals surface area contributed by atoms with E-state index in [2.05, 4.69) is 28.1 Å². The second-order valence-electron chi connectivity index (χ2n) is 9.00. The first-order chi connectivity index (χ1) is 19.1. The summed E-state index contributed by atoms with van der Waals surface area (Å²) in [6.45, 7) is 2.77. The van der Waals surface area contributed by atoms with Crippen molar-refractivity contribution in [2.45, 2.75) is 6.42 Å². The number of rotatable bonds is 8. The van der Waals surface area contributed by atoms with E-state index < -0.39 is 0 Å². The molecule has 200 valence electrons. The van der Waals surface area contributed by atoms with Crippen molar-refractivity contribution in [3.63, 3.8) is 0 Å². The van der Waals surface area contributed by atoms with Crippen molar-refractivity contribution >= 4 is 56.4 Å². The predicted molar refractivity (Wildman–Crippen MR) is 158 cm³/mol. The van der Waals surface area contributed by atoms with Gasteiger partial charge >= 0.3 is 0 Å². The molecule has 0 aromatic heterocycles. The quantitative estimate of drug-likeness (QED) is 0.316. The van der Waals surface area contributed by atoms with Crippen LogP contribution >= 0.6 is 27.7 Å². The lowest BCUT2D eigenvalue weighted by Gasteiger charge is -2.26. The molecule has 2 fully saturated rings. The molecule has 39 heavy (non-hydrogen) atoms. The van der Waals surface area contributed by atoms with Gasteiger partial charge in [-0.2, -0.15) is 0 Å². The van der Waals surface area contributed by atoms with Crippen LogP contribution in [0.1, 0.15) is 11.1 Å². The molecule has 9 heteroatoms. The van der Waals surface area contributed by atoms with E-state index in [0.717, 1.165) is 17.7 Å². The molecule has 2 heterocycles. The van der Waals surface area contributed by atoms with Crippen LogP contribution in [0.25, 0.3) is 6.08 Å². The van der Waals surface area contributed by atoms with Crippen LogP contribution in [-0.2, 0) is 20.7 Å². The third-order valence-corrected chi connectivity index (χ3v) is 7.93. The van der Waals surface area contributed by atoms with Crippen LogP contribution in [-0.4, -0.2) is 66.2 Å². The summed E-state index contributed by atoms with van der Waals surface area (Å²) in [5, 5.41) is 0.661. The zero-order chi connectivity index (χ0) is 27.0. The first-order valence-electron chi connectivity index (χ1n) is 12.7. The maximum Gasteiger partial charge on any atom is 0.266 e. The van der Waals surface area contributed by atoms with Gasteiger partial charge in [0.05, 0.1) is 28.3 Å². The number of aliphatic imine (C=N–C) groups is 1. The van der Waals surface area contributed by atoms with E-state index in [1.54, 1.807) is 15.9 Å². The lowest BCUT2D eigenvalue weighted by molar-refractivity contribution is -0.137. The summed E-state index contributed by atoms with van der Waals surface area (Å²) >= 11 is 4.92. The van der Waals surface area contributed by atoms with E-state index in [4.69, 9.17) is 14.5 Å². The number of benzene rings is 3. The van der Waals surface area contributed by atoms with E-state index in [0.29, 0.717) is 53.1 Å². The summed E-state index contributed by atoms with van der Waals surface area (Å²) in [5.74, 6) is 0.434. The van der Waals surface area contributed by atoms with Crippen LogP contribution in [0.3, 0.4) is 0 Å². The summed E-state index contributed by atoms with van der Waals surface area (Å²) in [6, 6.07) is 25.3. The van der Waals surface area contributed by atoms with Gasteiger partial charge in [0.2, 0.25) is 0 Å². The highest BCUT2D eigenvalue weighted by Gasteiger charge is 2.33. The summed E-state index contributed by atoms with van der Waals surface area (Å²) in [5.41, 5.74) is 2.81. The number of thioether (sulfide) groups is 1. The maximum absolute atomic E-state index is 13.5. The topological polar surface area (TPSA) is 71.4 Å². The van der Waals surface area contributed by atoms with E-state index in [9.17, 15) is 9.59 Å². The molecule has 2 saturated heterocycles. The third-order valence-electron chi connectivity index (χ3n) is 6.30. The highest BCUT2D eigenvalue weighted by atomic mass is 79.9. The summed E-state index contributed by atoms with van der Waals surface area (Å²) in [6.07, 6.45) is 2.60. The Kier molecular flexibility index (Phi) is 9.13. The number of amidine groups is 1. The molecule has 2 amide bonds. The Morgan fingerprint density at radius 2 is 1.74 bits per heavy atom. The van der Waals surface area contributed by atoms with E-state index >= 15 is 0 Å². The summed E-state index contributed by atoms with van der Waals surface area (Å²) in [4.78, 5) is 34.8. The standard InChI is InChI=1S/C30H28BrN3O4S/c31-25-19-23(11-12-26(25)38-21-28(35)33-15-17-37-18-16-33)20-27-29(36)34(14-13-22-7-3-1-4-8-22)30(39-27)32-24-9-5-2-6-10-24/h1-12,19-20H,13-18,21H2/b27-20-,32-30?. The molecule has 5 rings (SSSR count). The van der Waals surface area contributed by atoms with Crippen LogP contribution in [0.4, 0.5) is 5.69 Å². The molecule has 2 aliphatic heterocycles. The van der Waals surface area contributed by atoms with Crippen molar-refractivity contribution in [2.75, 3.05) is 39.5 Å². The van der Waals surface area contributed by atoms with Gasteiger partial charge in [-0.1, -0.05) is 54.6 Å². The maximum atomic E-state index is 13.5. The molecule has 0 N–H and O–H groups in total. The number of carbonyl (C=O) groups is 2. The average Bonchev–Trinajstić information content (AvgIpc) is 3.25. The van der Waals surface area contributed by atoms with Crippen LogP contribution in [0.2, 0.25) is 0 Å². The summed E-state index contributed by atoms with van der Waals surface area (Å²) in [7, 11) is 0. The monoisotopic (exact) mass is 605 g/mol. The summed E-state index contributed by atoms with van der Waals surface area (Å²) < 4.78 is 11.8. The van der Waals surface area contributed by atoms with E-state index in [1.807, 2.05) is 66.7 Å². The van der Waals surface area contributed by atoms with Gasteiger partial charge in [0.15, 0.2) is 11.8 Å². The number of ether oxygens (including phenoxy) is 2. The highest BCUT2D eigenvalue weighted by Crippen LogP contribution is 2.35. The van der Waals surface area contributed by atoms with Crippen LogP contribution in [0.5, 0.6) is 5.75 Å². The van der Waals surface area contributed by atoms with Crippen LogP contribution < -0.4 is 4.74 Å². The van der Waals surface area contributed by atoms with E-state index in [1.165, 1.54) is 17.3 Å². The zero-order valence-electron chi connectivity index (χ0n) is 21.3. The van der Waals surface area contributed by atoms with Crippen molar-refractivity contribution in [3.8, 4) is 5.75 Å². The molecular formula is C30H28BrN3O4S. The second-order valence-corrected chi connectivity index (χ2v) is 10.9. The first kappa shape index (κ1) is 27.2. The Bertz CT molecular complexity index is 1380. The van der Waals surface area contributed by atoms with Gasteiger partial charge in [0.25, 0.3) is 11.8 Å². The van der Waals surface area contributed by atoms with Gasteiger partial charge in [-0.05, 0) is 75.6 Å². The van der Waals surface area contributed by atoms with Crippen molar-refractivity contribution in [3.05, 3.63) is 99.4 Å². The van der Waals surface area contributed by atoms with Crippen molar-refractivity contribution < 1.29 is 19.1 Å². The number of hydrogen-bond donors (Lipinski definition) is 0. The molecule has 7 nitrogen and oxygen atoms in total. The van der Waals surface area contributed by atoms with Crippen molar-refractivity contribution in [1.82, 2.24) is 9.80 Å². The van der Waals surface area contributed by atoms with Gasteiger partial charge in [-0.25, -0.2) is 4.99 Å². The van der Waals surface area contributed by atoms with Gasteiger partial charge in [-0.3, -0.25) is 14.5 Å². The number of carbonyl (C=O) groups excluding carboxylic acids is 2. The molecule has 3 aromatic carbocycles. The largest absolute Gasteiger partial charge is 0.483 e. The number of morpholine rings is 1. The third kappa shape index (κ3) is 7.17. The first-order valence-corrected chi connectivity index (χ1v) is 14.3. The second kappa shape index (κ2) is 13.1. The number of amides is 2.